The Bertz CT molecular complexity index is 959. The molecular weight excluding hydrogens is 376 g/mol. The Morgan fingerprint density at radius 3 is 2.66 bits per heavy atom. The Morgan fingerprint density at radius 1 is 1.24 bits per heavy atom. The third kappa shape index (κ3) is 3.30. The molecule has 1 aromatic carbocycles. The van der Waals surface area contributed by atoms with Crippen LogP contribution in [0.25, 0.3) is 11.1 Å². The zero-order valence-corrected chi connectivity index (χ0v) is 16.7. The highest BCUT2D eigenvalue weighted by molar-refractivity contribution is 5.95. The average Bonchev–Trinajstić information content (AvgIpc) is 3.37. The van der Waals surface area contributed by atoms with Crippen molar-refractivity contribution in [3.8, 4) is 16.9 Å². The number of alkyl halides is 2. The van der Waals surface area contributed by atoms with Gasteiger partial charge in [0.05, 0.1) is 17.9 Å². The summed E-state index contributed by atoms with van der Waals surface area (Å²) in [7, 11) is 0. The molecule has 0 N–H and O–H groups in total. The lowest BCUT2D eigenvalue weighted by molar-refractivity contribution is -0.134. The third-order valence-corrected chi connectivity index (χ3v) is 6.26. The number of anilines is 1. The Kier molecular flexibility index (Phi) is 4.19. The van der Waals surface area contributed by atoms with Crippen LogP contribution >= 0.6 is 0 Å². The van der Waals surface area contributed by atoms with E-state index in [1.54, 1.807) is 11.8 Å². The number of hydrogen-bond acceptors (Lipinski definition) is 3. The predicted octanol–water partition coefficient (Wildman–Crippen LogP) is 4.75. The van der Waals surface area contributed by atoms with Crippen LogP contribution in [0.1, 0.15) is 57.6 Å². The van der Waals surface area contributed by atoms with Gasteiger partial charge in [0.15, 0.2) is 0 Å². The second-order valence-corrected chi connectivity index (χ2v) is 8.66. The van der Waals surface area contributed by atoms with Crippen LogP contribution in [0, 0.1) is 0 Å². The first-order chi connectivity index (χ1) is 13.8. The van der Waals surface area contributed by atoms with Crippen LogP contribution in [0.3, 0.4) is 0 Å². The van der Waals surface area contributed by atoms with Crippen molar-refractivity contribution >= 4 is 11.6 Å². The van der Waals surface area contributed by atoms with E-state index in [1.807, 2.05) is 36.1 Å². The molecule has 0 bridgehead atoms. The van der Waals surface area contributed by atoms with Crippen molar-refractivity contribution in [2.75, 3.05) is 4.90 Å². The summed E-state index contributed by atoms with van der Waals surface area (Å²) in [6.07, 6.45) is 6.65. The van der Waals surface area contributed by atoms with E-state index in [-0.39, 0.29) is 24.8 Å². The minimum absolute atomic E-state index is 0.0196. The molecule has 5 nitrogen and oxygen atoms in total. The van der Waals surface area contributed by atoms with Gasteiger partial charge in [-0.15, -0.1) is 0 Å². The lowest BCUT2D eigenvalue weighted by atomic mass is 9.89. The van der Waals surface area contributed by atoms with Gasteiger partial charge in [0, 0.05) is 48.7 Å². The number of amides is 1. The maximum absolute atomic E-state index is 13.4. The Hall–Kier alpha value is -2.44. The van der Waals surface area contributed by atoms with Gasteiger partial charge in [-0.2, -0.15) is 5.10 Å². The van der Waals surface area contributed by atoms with Gasteiger partial charge < -0.3 is 9.64 Å². The molecule has 5 rings (SSSR count). The summed E-state index contributed by atoms with van der Waals surface area (Å²) in [5.41, 5.74) is 3.55. The monoisotopic (exact) mass is 401 g/mol. The predicted molar refractivity (Wildman–Crippen MR) is 105 cm³/mol. The van der Waals surface area contributed by atoms with Crippen LogP contribution in [-0.2, 0) is 11.2 Å². The van der Waals surface area contributed by atoms with Crippen molar-refractivity contribution in [1.82, 2.24) is 9.78 Å². The number of nitrogens with zero attached hydrogens (tertiary/aromatic N) is 3. The molecule has 2 fully saturated rings. The van der Waals surface area contributed by atoms with Crippen molar-refractivity contribution in [2.24, 2.45) is 0 Å². The van der Waals surface area contributed by atoms with E-state index in [0.29, 0.717) is 11.8 Å². The van der Waals surface area contributed by atoms with Crippen LogP contribution in [0.2, 0.25) is 0 Å². The average molecular weight is 401 g/mol. The number of carbonyl (C=O) groups is 1. The van der Waals surface area contributed by atoms with Crippen LogP contribution in [0.15, 0.2) is 24.5 Å². The molecule has 2 saturated carbocycles. The molecule has 1 aromatic heterocycles. The molecule has 29 heavy (non-hydrogen) atoms. The van der Waals surface area contributed by atoms with Gasteiger partial charge in [0.1, 0.15) is 11.9 Å². The summed E-state index contributed by atoms with van der Waals surface area (Å²) in [6.45, 7) is 3.59. The lowest BCUT2D eigenvalue weighted by Gasteiger charge is -2.39. The smallest absolute Gasteiger partial charge is 0.255 e. The van der Waals surface area contributed by atoms with E-state index in [1.165, 1.54) is 0 Å². The molecule has 2 aliphatic carbocycles. The Labute approximate surface area is 168 Å². The highest BCUT2D eigenvalue weighted by atomic mass is 19.3. The van der Waals surface area contributed by atoms with Crippen molar-refractivity contribution in [1.29, 1.82) is 0 Å². The quantitative estimate of drug-likeness (QED) is 0.743. The van der Waals surface area contributed by atoms with Gasteiger partial charge in [-0.25, -0.2) is 8.78 Å². The van der Waals surface area contributed by atoms with Gasteiger partial charge >= 0.3 is 0 Å². The molecule has 2 aromatic rings. The molecule has 2 heterocycles. The number of carbonyl (C=O) groups excluding carboxylic acids is 1. The minimum Gasteiger partial charge on any atom is -0.489 e. The summed E-state index contributed by atoms with van der Waals surface area (Å²) < 4.78 is 35.0. The molecule has 1 aliphatic heterocycles. The molecule has 0 saturated heterocycles. The number of benzene rings is 1. The van der Waals surface area contributed by atoms with Gasteiger partial charge in [-0.1, -0.05) is 0 Å². The molecule has 154 valence electrons. The fourth-order valence-electron chi connectivity index (χ4n) is 4.52. The summed E-state index contributed by atoms with van der Waals surface area (Å²) in [5, 5.41) is 4.48. The SMILES string of the molecule is CC(=O)N1c2ccc(-c3cnn(C4CC4)c3)c(OC3CC(F)(F)C3)c2CC[C@@H]1C. The summed E-state index contributed by atoms with van der Waals surface area (Å²) in [5.74, 6) is -2.03. The van der Waals surface area contributed by atoms with E-state index in [9.17, 15) is 13.6 Å². The zero-order chi connectivity index (χ0) is 20.3. The summed E-state index contributed by atoms with van der Waals surface area (Å²) in [6, 6.07) is 4.46. The van der Waals surface area contributed by atoms with Gasteiger partial charge in [0.2, 0.25) is 5.91 Å². The maximum Gasteiger partial charge on any atom is 0.255 e. The number of hydrogen-bond donors (Lipinski definition) is 0. The van der Waals surface area contributed by atoms with E-state index in [0.717, 1.165) is 48.1 Å². The fourth-order valence-corrected chi connectivity index (χ4v) is 4.52. The van der Waals surface area contributed by atoms with Crippen LogP contribution in [0.4, 0.5) is 14.5 Å². The molecular formula is C22H25F2N3O2. The normalized spacial score (nSPS) is 23.4. The first-order valence-corrected chi connectivity index (χ1v) is 10.4. The zero-order valence-electron chi connectivity index (χ0n) is 16.7. The van der Waals surface area contributed by atoms with Crippen molar-refractivity contribution in [3.63, 3.8) is 0 Å². The first kappa shape index (κ1) is 18.6. The highest BCUT2D eigenvalue weighted by Crippen LogP contribution is 2.47. The molecule has 0 radical (unpaired) electrons. The van der Waals surface area contributed by atoms with Crippen molar-refractivity contribution in [2.45, 2.75) is 76.5 Å². The van der Waals surface area contributed by atoms with E-state index in [2.05, 4.69) is 5.10 Å². The van der Waals surface area contributed by atoms with E-state index >= 15 is 0 Å². The van der Waals surface area contributed by atoms with Crippen LogP contribution in [-0.4, -0.2) is 33.8 Å². The molecule has 0 unspecified atom stereocenters. The highest BCUT2D eigenvalue weighted by Gasteiger charge is 2.47. The van der Waals surface area contributed by atoms with E-state index in [4.69, 9.17) is 4.74 Å². The lowest BCUT2D eigenvalue weighted by Crippen LogP contribution is -2.44. The number of fused-ring (bicyclic) bond motifs is 1. The van der Waals surface area contributed by atoms with Gasteiger partial charge in [0.25, 0.3) is 5.92 Å². The molecule has 3 aliphatic rings. The molecule has 0 spiro atoms. The molecule has 1 atom stereocenters. The third-order valence-electron chi connectivity index (χ3n) is 6.26. The van der Waals surface area contributed by atoms with Crippen LogP contribution in [0.5, 0.6) is 5.75 Å². The number of rotatable bonds is 4. The topological polar surface area (TPSA) is 47.4 Å². The second-order valence-electron chi connectivity index (χ2n) is 8.66. The van der Waals surface area contributed by atoms with Crippen molar-refractivity contribution < 1.29 is 18.3 Å². The first-order valence-electron chi connectivity index (χ1n) is 10.4. The molecule has 7 heteroatoms. The van der Waals surface area contributed by atoms with Gasteiger partial charge in [-0.05, 0) is 44.7 Å². The maximum atomic E-state index is 13.4. The summed E-state index contributed by atoms with van der Waals surface area (Å²) in [4.78, 5) is 14.1. The van der Waals surface area contributed by atoms with Crippen molar-refractivity contribution in [3.05, 3.63) is 30.1 Å². The second kappa shape index (κ2) is 6.54. The Balaban J connectivity index is 1.57. The minimum atomic E-state index is -2.64. The summed E-state index contributed by atoms with van der Waals surface area (Å²) >= 11 is 0. The number of ether oxygens (including phenoxy) is 1. The van der Waals surface area contributed by atoms with Crippen LogP contribution < -0.4 is 9.64 Å². The number of halogens is 2. The molecule has 1 amide bonds. The fraction of sp³-hybridized carbons (Fsp3) is 0.545. The number of aromatic nitrogens is 2. The Morgan fingerprint density at radius 2 is 2.00 bits per heavy atom. The van der Waals surface area contributed by atoms with Gasteiger partial charge in [-0.3, -0.25) is 9.48 Å². The standard InChI is InChI=1S/C22H25F2N3O2/c1-13-3-6-19-20(27(13)14(2)28)8-7-18(15-11-25-26(12-15)16-4-5-16)21(19)29-17-9-22(23,24)10-17/h7-8,11-13,16-17H,3-6,9-10H2,1-2H3/t13-/m0/s1. The largest absolute Gasteiger partial charge is 0.489 e. The van der Waals surface area contributed by atoms with E-state index < -0.39 is 12.0 Å².